The Morgan fingerprint density at radius 2 is 1.61 bits per heavy atom. The summed E-state index contributed by atoms with van der Waals surface area (Å²) in [5.41, 5.74) is 0. The fourth-order valence-electron chi connectivity index (χ4n) is 1.68. The van der Waals surface area contributed by atoms with Crippen molar-refractivity contribution in [3.63, 3.8) is 0 Å². The van der Waals surface area contributed by atoms with E-state index in [1.54, 1.807) is 0 Å². The van der Waals surface area contributed by atoms with Crippen molar-refractivity contribution in [1.82, 2.24) is 5.32 Å². The van der Waals surface area contributed by atoms with Crippen LogP contribution in [0.4, 0.5) is 0 Å². The van der Waals surface area contributed by atoms with Crippen molar-refractivity contribution < 1.29 is 14.7 Å². The summed E-state index contributed by atoms with van der Waals surface area (Å²) in [6.07, 6.45) is 10.3. The predicted molar refractivity (Wildman–Crippen MR) is 72.4 cm³/mol. The number of nitrogens with one attached hydrogen (secondary N) is 1. The van der Waals surface area contributed by atoms with Gasteiger partial charge in [0.2, 0.25) is 5.91 Å². The molecule has 0 heterocycles. The van der Waals surface area contributed by atoms with Crippen molar-refractivity contribution >= 4 is 11.9 Å². The molecule has 18 heavy (non-hydrogen) atoms. The van der Waals surface area contributed by atoms with Gasteiger partial charge in [0.1, 0.15) is 0 Å². The monoisotopic (exact) mass is 255 g/mol. The second-order valence-corrected chi connectivity index (χ2v) is 4.44. The van der Waals surface area contributed by atoms with Crippen molar-refractivity contribution in [3.8, 4) is 0 Å². The van der Waals surface area contributed by atoms with Crippen molar-refractivity contribution in [3.05, 3.63) is 12.7 Å². The Kier molecular flexibility index (Phi) is 11.3. The molecule has 0 rings (SSSR count). The number of allylic oxidation sites excluding steroid dienone is 1. The number of hydrogen-bond acceptors (Lipinski definition) is 2. The highest BCUT2D eigenvalue weighted by atomic mass is 16.4. The van der Waals surface area contributed by atoms with Crippen molar-refractivity contribution in [2.75, 3.05) is 6.54 Å². The highest BCUT2D eigenvalue weighted by molar-refractivity contribution is 5.76. The molecule has 0 saturated carbocycles. The molecule has 0 aliphatic rings. The van der Waals surface area contributed by atoms with Gasteiger partial charge in [-0.3, -0.25) is 9.59 Å². The Balaban J connectivity index is 3.20. The van der Waals surface area contributed by atoms with Gasteiger partial charge in [-0.25, -0.2) is 0 Å². The maximum atomic E-state index is 11.3. The molecule has 0 aliphatic carbocycles. The molecule has 4 nitrogen and oxygen atoms in total. The van der Waals surface area contributed by atoms with Crippen LogP contribution in [0, 0.1) is 0 Å². The van der Waals surface area contributed by atoms with Crippen LogP contribution in [0.15, 0.2) is 12.7 Å². The van der Waals surface area contributed by atoms with Crippen LogP contribution in [0.25, 0.3) is 0 Å². The zero-order valence-corrected chi connectivity index (χ0v) is 11.1. The van der Waals surface area contributed by atoms with Gasteiger partial charge in [0.15, 0.2) is 0 Å². The smallest absolute Gasteiger partial charge is 0.305 e. The predicted octanol–water partition coefficient (Wildman–Crippen LogP) is 2.88. The van der Waals surface area contributed by atoms with Gasteiger partial charge >= 0.3 is 5.97 Å². The molecule has 0 saturated heterocycles. The molecule has 0 aliphatic heterocycles. The van der Waals surface area contributed by atoms with Crippen LogP contribution in [0.5, 0.6) is 0 Å². The van der Waals surface area contributed by atoms with Gasteiger partial charge in [0.25, 0.3) is 0 Å². The molecular weight excluding hydrogens is 230 g/mol. The lowest BCUT2D eigenvalue weighted by molar-refractivity contribution is -0.136. The van der Waals surface area contributed by atoms with E-state index in [2.05, 4.69) is 11.9 Å². The Labute approximate surface area is 109 Å². The summed E-state index contributed by atoms with van der Waals surface area (Å²) in [7, 11) is 0. The molecule has 0 atom stereocenters. The summed E-state index contributed by atoms with van der Waals surface area (Å²) in [5, 5.41) is 11.0. The van der Waals surface area contributed by atoms with Gasteiger partial charge < -0.3 is 10.4 Å². The van der Waals surface area contributed by atoms with Crippen LogP contribution in [0.1, 0.15) is 57.8 Å². The molecule has 1 amide bonds. The van der Waals surface area contributed by atoms with Crippen LogP contribution in [0.2, 0.25) is 0 Å². The number of aliphatic carboxylic acids is 1. The summed E-state index contributed by atoms with van der Waals surface area (Å²) in [4.78, 5) is 21.5. The topological polar surface area (TPSA) is 66.4 Å². The summed E-state index contributed by atoms with van der Waals surface area (Å²) in [6.45, 7) is 3.91. The third-order valence-corrected chi connectivity index (χ3v) is 2.72. The first-order valence-electron chi connectivity index (χ1n) is 6.76. The van der Waals surface area contributed by atoms with E-state index < -0.39 is 5.97 Å². The number of carbonyl (C=O) groups is 2. The molecule has 0 radical (unpaired) electrons. The zero-order chi connectivity index (χ0) is 13.6. The van der Waals surface area contributed by atoms with E-state index in [9.17, 15) is 9.59 Å². The van der Waals surface area contributed by atoms with Gasteiger partial charge in [-0.05, 0) is 19.3 Å². The minimum Gasteiger partial charge on any atom is -0.481 e. The number of unbranched alkanes of at least 4 members (excludes halogenated alkanes) is 6. The van der Waals surface area contributed by atoms with Crippen LogP contribution in [-0.4, -0.2) is 23.5 Å². The number of rotatable bonds is 12. The molecule has 0 unspecified atom stereocenters. The van der Waals surface area contributed by atoms with E-state index in [1.165, 1.54) is 25.7 Å². The van der Waals surface area contributed by atoms with E-state index in [-0.39, 0.29) is 18.9 Å². The number of carboxylic acid groups (broad SMARTS) is 1. The Hall–Kier alpha value is -1.32. The maximum absolute atomic E-state index is 11.3. The molecule has 0 aromatic heterocycles. The summed E-state index contributed by atoms with van der Waals surface area (Å²) in [6, 6.07) is 0. The highest BCUT2D eigenvalue weighted by Crippen LogP contribution is 2.08. The second-order valence-electron chi connectivity index (χ2n) is 4.44. The van der Waals surface area contributed by atoms with Gasteiger partial charge in [0, 0.05) is 13.0 Å². The lowest BCUT2D eigenvalue weighted by Gasteiger charge is -2.03. The standard InChI is InChI=1S/C14H25NO3/c1-2-3-4-5-6-7-8-9-10-13(16)15-12-11-14(17)18/h2H,1,3-12H2,(H,15,16)(H,17,18). The molecular formula is C14H25NO3. The molecule has 2 N–H and O–H groups in total. The first-order valence-corrected chi connectivity index (χ1v) is 6.76. The quantitative estimate of drug-likeness (QED) is 0.416. The Morgan fingerprint density at radius 1 is 1.00 bits per heavy atom. The highest BCUT2D eigenvalue weighted by Gasteiger charge is 2.02. The molecule has 0 spiro atoms. The van der Waals surface area contributed by atoms with Crippen molar-refractivity contribution in [1.29, 1.82) is 0 Å². The van der Waals surface area contributed by atoms with E-state index >= 15 is 0 Å². The molecule has 0 bridgehead atoms. The minimum absolute atomic E-state index is 0.00492. The minimum atomic E-state index is -0.880. The van der Waals surface area contributed by atoms with Crippen LogP contribution in [-0.2, 0) is 9.59 Å². The summed E-state index contributed by atoms with van der Waals surface area (Å²) in [5.74, 6) is -0.919. The Morgan fingerprint density at radius 3 is 2.22 bits per heavy atom. The largest absolute Gasteiger partial charge is 0.481 e. The first-order chi connectivity index (χ1) is 8.66. The number of carboxylic acids is 1. The van der Waals surface area contributed by atoms with Gasteiger partial charge in [-0.15, -0.1) is 6.58 Å². The average Bonchev–Trinajstić information content (AvgIpc) is 2.32. The van der Waals surface area contributed by atoms with E-state index in [0.717, 1.165) is 19.3 Å². The van der Waals surface area contributed by atoms with Gasteiger partial charge in [0.05, 0.1) is 6.42 Å². The third-order valence-electron chi connectivity index (χ3n) is 2.72. The number of carbonyl (C=O) groups excluding carboxylic acids is 1. The van der Waals surface area contributed by atoms with E-state index in [1.807, 2.05) is 6.08 Å². The first kappa shape index (κ1) is 16.7. The summed E-state index contributed by atoms with van der Waals surface area (Å²) < 4.78 is 0. The number of amides is 1. The third kappa shape index (κ3) is 12.7. The van der Waals surface area contributed by atoms with Crippen LogP contribution in [0.3, 0.4) is 0 Å². The fourth-order valence-corrected chi connectivity index (χ4v) is 1.68. The molecule has 0 aromatic rings. The Bertz CT molecular complexity index is 251. The SMILES string of the molecule is C=CCCCCCCCCC(=O)NCCC(=O)O. The molecule has 104 valence electrons. The van der Waals surface area contributed by atoms with E-state index in [4.69, 9.17) is 5.11 Å². The van der Waals surface area contributed by atoms with Crippen LogP contribution < -0.4 is 5.32 Å². The molecule has 0 aromatic carbocycles. The van der Waals surface area contributed by atoms with Crippen molar-refractivity contribution in [2.45, 2.75) is 57.8 Å². The van der Waals surface area contributed by atoms with Gasteiger partial charge in [-0.2, -0.15) is 0 Å². The lowest BCUT2D eigenvalue weighted by Crippen LogP contribution is -2.25. The molecule has 4 heteroatoms. The zero-order valence-electron chi connectivity index (χ0n) is 11.1. The number of hydrogen-bond donors (Lipinski definition) is 2. The fraction of sp³-hybridized carbons (Fsp3) is 0.714. The van der Waals surface area contributed by atoms with Crippen LogP contribution >= 0.6 is 0 Å². The maximum Gasteiger partial charge on any atom is 0.305 e. The average molecular weight is 255 g/mol. The summed E-state index contributed by atoms with van der Waals surface area (Å²) >= 11 is 0. The van der Waals surface area contributed by atoms with E-state index in [0.29, 0.717) is 6.42 Å². The lowest BCUT2D eigenvalue weighted by atomic mass is 10.1. The van der Waals surface area contributed by atoms with Gasteiger partial charge in [-0.1, -0.05) is 31.8 Å². The van der Waals surface area contributed by atoms with Crippen molar-refractivity contribution in [2.24, 2.45) is 0 Å². The molecule has 0 fully saturated rings. The second kappa shape index (κ2) is 12.1. The normalized spacial score (nSPS) is 10.0.